The SMILES string of the molecule is CC/C=C/c1ccc(-c2ccc(-c3ccc(CCc4ccc(O)cc4P)cc3)cc2)c(P)c1O. The number of hydrogen-bond acceptors (Lipinski definition) is 2. The summed E-state index contributed by atoms with van der Waals surface area (Å²) >= 11 is 0. The van der Waals surface area contributed by atoms with Crippen molar-refractivity contribution in [1.82, 2.24) is 0 Å². The van der Waals surface area contributed by atoms with Crippen LogP contribution in [-0.2, 0) is 12.8 Å². The number of phenolic OH excluding ortho intramolecular Hbond substituents is 2. The summed E-state index contributed by atoms with van der Waals surface area (Å²) in [5, 5.41) is 22.0. The van der Waals surface area contributed by atoms with Crippen molar-refractivity contribution in [2.75, 3.05) is 0 Å². The Bertz CT molecular complexity index is 1310. The van der Waals surface area contributed by atoms with Gasteiger partial charge in [0.25, 0.3) is 0 Å². The minimum atomic E-state index is 0.302. The molecule has 0 bridgehead atoms. The molecule has 0 aliphatic carbocycles. The smallest absolute Gasteiger partial charge is 0.130 e. The number of phenols is 2. The third kappa shape index (κ3) is 5.58. The molecule has 0 amide bonds. The van der Waals surface area contributed by atoms with Crippen molar-refractivity contribution in [3.63, 3.8) is 0 Å². The molecule has 2 unspecified atom stereocenters. The van der Waals surface area contributed by atoms with Crippen LogP contribution >= 0.6 is 18.5 Å². The lowest BCUT2D eigenvalue weighted by atomic mass is 9.97. The Morgan fingerprint density at radius 1 is 0.735 bits per heavy atom. The summed E-state index contributed by atoms with van der Waals surface area (Å²) in [5.74, 6) is 0.615. The molecule has 172 valence electrons. The van der Waals surface area contributed by atoms with Gasteiger partial charge in [0.1, 0.15) is 11.5 Å². The molecule has 4 aromatic carbocycles. The molecular formula is C30H30O2P2. The monoisotopic (exact) mass is 484 g/mol. The van der Waals surface area contributed by atoms with E-state index in [0.29, 0.717) is 11.5 Å². The summed E-state index contributed by atoms with van der Waals surface area (Å²) in [6.45, 7) is 2.08. The highest BCUT2D eigenvalue weighted by molar-refractivity contribution is 7.28. The van der Waals surface area contributed by atoms with Crippen molar-refractivity contribution in [2.24, 2.45) is 0 Å². The highest BCUT2D eigenvalue weighted by Gasteiger charge is 2.10. The Labute approximate surface area is 206 Å². The molecule has 0 saturated carbocycles. The van der Waals surface area contributed by atoms with E-state index < -0.39 is 0 Å². The van der Waals surface area contributed by atoms with Crippen LogP contribution in [0.5, 0.6) is 11.5 Å². The fourth-order valence-corrected chi connectivity index (χ4v) is 4.89. The molecule has 0 radical (unpaired) electrons. The van der Waals surface area contributed by atoms with Crippen LogP contribution in [0.25, 0.3) is 28.3 Å². The van der Waals surface area contributed by atoms with Gasteiger partial charge in [-0.1, -0.05) is 85.8 Å². The van der Waals surface area contributed by atoms with Gasteiger partial charge in [-0.2, -0.15) is 0 Å². The summed E-state index contributed by atoms with van der Waals surface area (Å²) in [7, 11) is 5.39. The zero-order valence-electron chi connectivity index (χ0n) is 19.3. The summed E-state index contributed by atoms with van der Waals surface area (Å²) in [5.41, 5.74) is 7.80. The normalized spacial score (nSPS) is 11.3. The van der Waals surface area contributed by atoms with Crippen LogP contribution in [-0.4, -0.2) is 10.2 Å². The van der Waals surface area contributed by atoms with Crippen molar-refractivity contribution in [3.8, 4) is 33.8 Å². The predicted octanol–water partition coefficient (Wildman–Crippen LogP) is 6.64. The lowest BCUT2D eigenvalue weighted by Gasteiger charge is -2.11. The van der Waals surface area contributed by atoms with E-state index in [-0.39, 0.29) is 0 Å². The van der Waals surface area contributed by atoms with Crippen molar-refractivity contribution in [2.45, 2.75) is 26.2 Å². The maximum Gasteiger partial charge on any atom is 0.130 e. The number of aromatic hydroxyl groups is 2. The Hall–Kier alpha value is -2.92. The predicted molar refractivity (Wildman–Crippen MR) is 153 cm³/mol. The highest BCUT2D eigenvalue weighted by Crippen LogP contribution is 2.30. The van der Waals surface area contributed by atoms with Crippen LogP contribution in [0.4, 0.5) is 0 Å². The van der Waals surface area contributed by atoms with E-state index in [1.54, 1.807) is 12.1 Å². The zero-order chi connectivity index (χ0) is 24.1. The maximum atomic E-state index is 10.6. The van der Waals surface area contributed by atoms with E-state index in [9.17, 15) is 10.2 Å². The molecule has 0 spiro atoms. The standard InChI is InChI=1S/C30H30O2P2/c1-2-3-4-25-16-18-27(30(34)29(25)32)23-13-11-22(12-14-23)21-8-5-20(6-9-21)7-10-24-15-17-26(31)19-28(24)33/h3-6,8-9,11-19,31-32H,2,7,10,33-34H2,1H3/b4-3+. The van der Waals surface area contributed by atoms with Gasteiger partial charge in [-0.05, 0) is 70.1 Å². The lowest BCUT2D eigenvalue weighted by Crippen LogP contribution is -2.03. The number of benzene rings is 4. The molecule has 34 heavy (non-hydrogen) atoms. The number of aryl methyl sites for hydroxylation is 2. The largest absolute Gasteiger partial charge is 0.508 e. The van der Waals surface area contributed by atoms with Gasteiger partial charge in [0, 0.05) is 10.9 Å². The molecule has 0 aliphatic heterocycles. The molecule has 0 saturated heterocycles. The molecule has 4 heteroatoms. The average Bonchev–Trinajstić information content (AvgIpc) is 2.85. The number of hydrogen-bond donors (Lipinski definition) is 2. The van der Waals surface area contributed by atoms with Crippen LogP contribution in [0.15, 0.2) is 84.9 Å². The van der Waals surface area contributed by atoms with Gasteiger partial charge in [0.2, 0.25) is 0 Å². The van der Waals surface area contributed by atoms with E-state index in [0.717, 1.165) is 52.1 Å². The molecule has 2 N–H and O–H groups in total. The summed E-state index contributed by atoms with van der Waals surface area (Å²) in [6, 6.07) is 26.8. The van der Waals surface area contributed by atoms with E-state index in [1.165, 1.54) is 16.7 Å². The Morgan fingerprint density at radius 3 is 2.03 bits per heavy atom. The molecule has 4 rings (SSSR count). The fourth-order valence-electron chi connectivity index (χ4n) is 4.05. The molecule has 0 aromatic heterocycles. The molecule has 2 atom stereocenters. The average molecular weight is 485 g/mol. The first-order valence-electron chi connectivity index (χ1n) is 11.5. The second-order valence-corrected chi connectivity index (χ2v) is 9.63. The van der Waals surface area contributed by atoms with E-state index >= 15 is 0 Å². The van der Waals surface area contributed by atoms with E-state index in [1.807, 2.05) is 24.3 Å². The van der Waals surface area contributed by atoms with Crippen molar-refractivity contribution >= 4 is 35.2 Å². The second-order valence-electron chi connectivity index (χ2n) is 8.43. The van der Waals surface area contributed by atoms with Crippen LogP contribution in [0, 0.1) is 0 Å². The van der Waals surface area contributed by atoms with Gasteiger partial charge < -0.3 is 10.2 Å². The fraction of sp³-hybridized carbons (Fsp3) is 0.133. The van der Waals surface area contributed by atoms with Gasteiger partial charge >= 0.3 is 0 Å². The van der Waals surface area contributed by atoms with Crippen molar-refractivity contribution in [1.29, 1.82) is 0 Å². The van der Waals surface area contributed by atoms with Crippen LogP contribution in [0.2, 0.25) is 0 Å². The second kappa shape index (κ2) is 11.0. The van der Waals surface area contributed by atoms with Gasteiger partial charge in [-0.3, -0.25) is 0 Å². The van der Waals surface area contributed by atoms with E-state index in [2.05, 4.69) is 80.0 Å². The highest BCUT2D eigenvalue weighted by atomic mass is 31.0. The van der Waals surface area contributed by atoms with Gasteiger partial charge in [-0.25, -0.2) is 0 Å². The van der Waals surface area contributed by atoms with Crippen LogP contribution < -0.4 is 10.6 Å². The summed E-state index contributed by atoms with van der Waals surface area (Å²) in [6.07, 6.45) is 6.84. The molecule has 4 aromatic rings. The first-order valence-corrected chi connectivity index (χ1v) is 12.7. The Morgan fingerprint density at radius 2 is 1.38 bits per heavy atom. The zero-order valence-corrected chi connectivity index (χ0v) is 21.6. The van der Waals surface area contributed by atoms with Crippen molar-refractivity contribution < 1.29 is 10.2 Å². The molecule has 0 heterocycles. The third-order valence-electron chi connectivity index (χ3n) is 6.08. The minimum Gasteiger partial charge on any atom is -0.508 e. The number of allylic oxidation sites excluding steroid dienone is 1. The number of rotatable bonds is 7. The van der Waals surface area contributed by atoms with Gasteiger partial charge in [0.15, 0.2) is 0 Å². The minimum absolute atomic E-state index is 0.302. The lowest BCUT2D eigenvalue weighted by molar-refractivity contribution is 0.475. The van der Waals surface area contributed by atoms with Crippen LogP contribution in [0.1, 0.15) is 30.0 Å². The van der Waals surface area contributed by atoms with Gasteiger partial charge in [-0.15, -0.1) is 18.5 Å². The Kier molecular flexibility index (Phi) is 7.84. The molecular weight excluding hydrogens is 454 g/mol. The first kappa shape index (κ1) is 24.2. The van der Waals surface area contributed by atoms with Crippen LogP contribution in [0.3, 0.4) is 0 Å². The molecule has 0 fully saturated rings. The van der Waals surface area contributed by atoms with Crippen molar-refractivity contribution in [3.05, 3.63) is 102 Å². The topological polar surface area (TPSA) is 40.5 Å². The molecule has 2 nitrogen and oxygen atoms in total. The Balaban J connectivity index is 1.47. The quantitative estimate of drug-likeness (QED) is 0.289. The summed E-state index contributed by atoms with van der Waals surface area (Å²) in [4.78, 5) is 0. The molecule has 0 aliphatic rings. The van der Waals surface area contributed by atoms with Gasteiger partial charge in [0.05, 0.1) is 0 Å². The summed E-state index contributed by atoms with van der Waals surface area (Å²) < 4.78 is 0. The van der Waals surface area contributed by atoms with E-state index in [4.69, 9.17) is 0 Å². The maximum absolute atomic E-state index is 10.6. The first-order chi connectivity index (χ1) is 16.5. The third-order valence-corrected chi connectivity index (χ3v) is 7.20.